The van der Waals surface area contributed by atoms with Gasteiger partial charge < -0.3 is 14.2 Å². The second-order valence-electron chi connectivity index (χ2n) is 3.47. The van der Waals surface area contributed by atoms with Gasteiger partial charge in [0.05, 0.1) is 7.11 Å². The van der Waals surface area contributed by atoms with Crippen molar-refractivity contribution in [2.75, 3.05) is 21.3 Å². The van der Waals surface area contributed by atoms with E-state index in [9.17, 15) is 4.79 Å². The Bertz CT molecular complexity index is 276. The van der Waals surface area contributed by atoms with Crippen molar-refractivity contribution in [2.45, 2.75) is 32.0 Å². The highest BCUT2D eigenvalue weighted by atomic mass is 16.7. The molecular formula is C11H18O4. The van der Waals surface area contributed by atoms with Crippen molar-refractivity contribution in [3.8, 4) is 0 Å². The van der Waals surface area contributed by atoms with Crippen molar-refractivity contribution < 1.29 is 19.0 Å². The molecule has 0 saturated heterocycles. The van der Waals surface area contributed by atoms with Gasteiger partial charge in [-0.3, -0.25) is 4.79 Å². The molecule has 0 atom stereocenters. The number of ketones is 1. The Morgan fingerprint density at radius 2 is 1.80 bits per heavy atom. The van der Waals surface area contributed by atoms with Gasteiger partial charge in [-0.25, -0.2) is 0 Å². The molecule has 4 heteroatoms. The van der Waals surface area contributed by atoms with Crippen LogP contribution in [0, 0.1) is 0 Å². The maximum atomic E-state index is 11.8. The summed E-state index contributed by atoms with van der Waals surface area (Å²) >= 11 is 0. The van der Waals surface area contributed by atoms with Gasteiger partial charge in [-0.2, -0.15) is 0 Å². The number of hydrogen-bond acceptors (Lipinski definition) is 4. The first kappa shape index (κ1) is 12.2. The van der Waals surface area contributed by atoms with Crippen molar-refractivity contribution in [1.82, 2.24) is 0 Å². The maximum absolute atomic E-state index is 11.8. The molecule has 0 unspecified atom stereocenters. The zero-order valence-electron chi connectivity index (χ0n) is 9.75. The quantitative estimate of drug-likeness (QED) is 0.631. The summed E-state index contributed by atoms with van der Waals surface area (Å²) in [5, 5.41) is 0. The van der Waals surface area contributed by atoms with Gasteiger partial charge in [0.2, 0.25) is 5.78 Å². The van der Waals surface area contributed by atoms with Gasteiger partial charge in [0.15, 0.2) is 5.76 Å². The fourth-order valence-electron chi connectivity index (χ4n) is 1.83. The first-order valence-electron chi connectivity index (χ1n) is 5.10. The molecule has 0 bridgehead atoms. The van der Waals surface area contributed by atoms with Crippen molar-refractivity contribution in [2.24, 2.45) is 0 Å². The highest BCUT2D eigenvalue weighted by Gasteiger charge is 2.56. The summed E-state index contributed by atoms with van der Waals surface area (Å²) in [6.45, 7) is 2.08. The molecule has 0 amide bonds. The van der Waals surface area contributed by atoms with Gasteiger partial charge in [0, 0.05) is 19.8 Å². The van der Waals surface area contributed by atoms with Crippen LogP contribution in [0.5, 0.6) is 0 Å². The number of hydrogen-bond donors (Lipinski definition) is 0. The molecular weight excluding hydrogens is 196 g/mol. The van der Waals surface area contributed by atoms with E-state index in [0.717, 1.165) is 19.3 Å². The summed E-state index contributed by atoms with van der Waals surface area (Å²) in [7, 11) is 4.41. The van der Waals surface area contributed by atoms with Crippen LogP contribution in [0.2, 0.25) is 0 Å². The van der Waals surface area contributed by atoms with E-state index >= 15 is 0 Å². The molecule has 1 aliphatic rings. The van der Waals surface area contributed by atoms with E-state index in [1.807, 2.05) is 0 Å². The number of unbranched alkanes of at least 4 members (excludes halogenated alkanes) is 1. The number of carbonyl (C=O) groups is 1. The zero-order valence-corrected chi connectivity index (χ0v) is 9.75. The number of rotatable bonds is 6. The van der Waals surface area contributed by atoms with Crippen LogP contribution < -0.4 is 0 Å². The summed E-state index contributed by atoms with van der Waals surface area (Å²) in [4.78, 5) is 11.8. The topological polar surface area (TPSA) is 44.8 Å². The van der Waals surface area contributed by atoms with Gasteiger partial charge in [-0.1, -0.05) is 13.3 Å². The van der Waals surface area contributed by atoms with Crippen LogP contribution >= 0.6 is 0 Å². The zero-order chi connectivity index (χ0) is 11.5. The van der Waals surface area contributed by atoms with E-state index in [1.165, 1.54) is 21.3 Å². The molecule has 4 nitrogen and oxygen atoms in total. The lowest BCUT2D eigenvalue weighted by atomic mass is 9.83. The van der Waals surface area contributed by atoms with Gasteiger partial charge >= 0.3 is 0 Å². The third kappa shape index (κ3) is 1.68. The van der Waals surface area contributed by atoms with E-state index in [0.29, 0.717) is 11.3 Å². The van der Waals surface area contributed by atoms with E-state index in [1.54, 1.807) is 0 Å². The Morgan fingerprint density at radius 1 is 1.20 bits per heavy atom. The number of Topliss-reactive ketones (excluding diaryl/α,β-unsaturated/α-hetero) is 1. The maximum Gasteiger partial charge on any atom is 0.293 e. The van der Waals surface area contributed by atoms with E-state index in [2.05, 4.69) is 6.92 Å². The SMILES string of the molecule is CCCCC1=C(OC)C(OC)(OC)C1=O. The van der Waals surface area contributed by atoms with Crippen molar-refractivity contribution in [3.05, 3.63) is 11.3 Å². The Hall–Kier alpha value is -0.870. The highest BCUT2D eigenvalue weighted by molar-refractivity contribution is 6.10. The molecule has 0 spiro atoms. The molecule has 0 fully saturated rings. The summed E-state index contributed by atoms with van der Waals surface area (Å²) in [6.07, 6.45) is 2.74. The molecule has 1 rings (SSSR count). The summed E-state index contributed by atoms with van der Waals surface area (Å²) in [5.74, 6) is -0.874. The Kier molecular flexibility index (Phi) is 3.88. The highest BCUT2D eigenvalue weighted by Crippen LogP contribution is 2.41. The minimum atomic E-state index is -1.28. The van der Waals surface area contributed by atoms with Gasteiger partial charge in [0.1, 0.15) is 0 Å². The third-order valence-corrected chi connectivity index (χ3v) is 2.71. The van der Waals surface area contributed by atoms with Crippen LogP contribution in [-0.2, 0) is 19.0 Å². The fraction of sp³-hybridized carbons (Fsp3) is 0.727. The molecule has 15 heavy (non-hydrogen) atoms. The van der Waals surface area contributed by atoms with Crippen LogP contribution in [0.4, 0.5) is 0 Å². The van der Waals surface area contributed by atoms with Crippen molar-refractivity contribution in [3.63, 3.8) is 0 Å². The average Bonchev–Trinajstić information content (AvgIpc) is 2.27. The van der Waals surface area contributed by atoms with Crippen LogP contribution in [0.3, 0.4) is 0 Å². The molecule has 86 valence electrons. The summed E-state index contributed by atoms with van der Waals surface area (Å²) in [6, 6.07) is 0. The van der Waals surface area contributed by atoms with Crippen molar-refractivity contribution >= 4 is 5.78 Å². The molecule has 1 aliphatic carbocycles. The van der Waals surface area contributed by atoms with Crippen molar-refractivity contribution in [1.29, 1.82) is 0 Å². The van der Waals surface area contributed by atoms with E-state index < -0.39 is 5.79 Å². The molecule has 0 heterocycles. The van der Waals surface area contributed by atoms with Gasteiger partial charge in [-0.05, 0) is 12.8 Å². The molecule has 0 aliphatic heterocycles. The van der Waals surface area contributed by atoms with Crippen LogP contribution in [-0.4, -0.2) is 32.9 Å². The molecule has 0 radical (unpaired) electrons. The number of methoxy groups -OCH3 is 3. The molecule has 0 aromatic rings. The predicted molar refractivity (Wildman–Crippen MR) is 55.3 cm³/mol. The molecule has 0 aromatic carbocycles. The smallest absolute Gasteiger partial charge is 0.293 e. The lowest BCUT2D eigenvalue weighted by Gasteiger charge is -2.39. The normalized spacial score (nSPS) is 19.1. The van der Waals surface area contributed by atoms with E-state index in [4.69, 9.17) is 14.2 Å². The predicted octanol–water partition coefficient (Wildman–Crippen LogP) is 1.65. The lowest BCUT2D eigenvalue weighted by molar-refractivity contribution is -0.211. The third-order valence-electron chi connectivity index (χ3n) is 2.71. The molecule has 0 saturated carbocycles. The van der Waals surface area contributed by atoms with Crippen LogP contribution in [0.25, 0.3) is 0 Å². The second-order valence-corrected chi connectivity index (χ2v) is 3.47. The summed E-state index contributed by atoms with van der Waals surface area (Å²) in [5.41, 5.74) is 0.697. The molecule has 0 N–H and O–H groups in total. The number of carbonyl (C=O) groups excluding carboxylic acids is 1. The molecule has 0 aromatic heterocycles. The first-order valence-corrected chi connectivity index (χ1v) is 5.10. The van der Waals surface area contributed by atoms with Crippen LogP contribution in [0.15, 0.2) is 11.3 Å². The van der Waals surface area contributed by atoms with Gasteiger partial charge in [0.25, 0.3) is 5.79 Å². The van der Waals surface area contributed by atoms with E-state index in [-0.39, 0.29) is 5.78 Å². The first-order chi connectivity index (χ1) is 7.17. The lowest BCUT2D eigenvalue weighted by Crippen LogP contribution is -2.54. The Labute approximate surface area is 90.2 Å². The standard InChI is InChI=1S/C11H18O4/c1-5-6-7-8-9(12)11(14-3,15-4)10(8)13-2/h5-7H2,1-4H3. The van der Waals surface area contributed by atoms with Crippen LogP contribution in [0.1, 0.15) is 26.2 Å². The number of ether oxygens (including phenoxy) is 3. The second kappa shape index (κ2) is 4.77. The Balaban J connectivity index is 2.90. The largest absolute Gasteiger partial charge is 0.494 e. The summed E-state index contributed by atoms with van der Waals surface area (Å²) < 4.78 is 15.4. The minimum absolute atomic E-state index is 0.113. The fourth-order valence-corrected chi connectivity index (χ4v) is 1.83. The average molecular weight is 214 g/mol. The van der Waals surface area contributed by atoms with Gasteiger partial charge in [-0.15, -0.1) is 0 Å². The Morgan fingerprint density at radius 3 is 2.20 bits per heavy atom. The monoisotopic (exact) mass is 214 g/mol. The minimum Gasteiger partial charge on any atom is -0.494 e.